The van der Waals surface area contributed by atoms with Gasteiger partial charge < -0.3 is 10.6 Å². The summed E-state index contributed by atoms with van der Waals surface area (Å²) in [7, 11) is 0. The van der Waals surface area contributed by atoms with Gasteiger partial charge in [0.2, 0.25) is 0 Å². The van der Waals surface area contributed by atoms with Crippen LogP contribution in [0.25, 0.3) is 0 Å². The van der Waals surface area contributed by atoms with Crippen molar-refractivity contribution in [2.24, 2.45) is 11.7 Å². The Morgan fingerprint density at radius 1 is 1.33 bits per heavy atom. The van der Waals surface area contributed by atoms with E-state index in [1.165, 1.54) is 0 Å². The molecule has 0 aromatic heterocycles. The molecule has 116 valence electrons. The first-order valence-corrected chi connectivity index (χ1v) is 7.95. The molecule has 1 aliphatic heterocycles. The molecule has 1 aromatic carbocycles. The molecular formula is C18H28N2O. The number of carbonyl (C=O) groups excluding carboxylic acids is 1. The van der Waals surface area contributed by atoms with Gasteiger partial charge in [-0.2, -0.15) is 0 Å². The van der Waals surface area contributed by atoms with Crippen LogP contribution in [-0.2, 0) is 5.41 Å². The highest BCUT2D eigenvalue weighted by atomic mass is 16.2. The van der Waals surface area contributed by atoms with Gasteiger partial charge in [-0.1, -0.05) is 39.0 Å². The highest BCUT2D eigenvalue weighted by molar-refractivity contribution is 5.96. The third kappa shape index (κ3) is 3.65. The number of carbonyl (C=O) groups is 1. The lowest BCUT2D eigenvalue weighted by atomic mass is 9.83. The second kappa shape index (κ2) is 6.18. The summed E-state index contributed by atoms with van der Waals surface area (Å²) in [6, 6.07) is 8.14. The van der Waals surface area contributed by atoms with Crippen LogP contribution in [0.5, 0.6) is 0 Å². The standard InChI is InChI=1S/C18H28N2O/c1-13(19)14-8-7-11-20(12-14)17(21)15-9-5-6-10-16(15)18(2,3)4/h5-6,9-10,13-14H,7-8,11-12,19H2,1-4H3. The molecular weight excluding hydrogens is 260 g/mol. The van der Waals surface area contributed by atoms with E-state index in [4.69, 9.17) is 5.73 Å². The Morgan fingerprint density at radius 3 is 2.62 bits per heavy atom. The fourth-order valence-corrected chi connectivity index (χ4v) is 3.12. The molecule has 3 nitrogen and oxygen atoms in total. The van der Waals surface area contributed by atoms with Crippen LogP contribution < -0.4 is 5.73 Å². The zero-order chi connectivity index (χ0) is 15.6. The summed E-state index contributed by atoms with van der Waals surface area (Å²) in [5, 5.41) is 0. The number of nitrogens with zero attached hydrogens (tertiary/aromatic N) is 1. The topological polar surface area (TPSA) is 46.3 Å². The number of hydrogen-bond donors (Lipinski definition) is 1. The molecule has 2 atom stereocenters. The molecule has 0 saturated carbocycles. The monoisotopic (exact) mass is 288 g/mol. The first kappa shape index (κ1) is 16.0. The summed E-state index contributed by atoms with van der Waals surface area (Å²) < 4.78 is 0. The molecule has 2 rings (SSSR count). The fraction of sp³-hybridized carbons (Fsp3) is 0.611. The predicted octanol–water partition coefficient (Wildman–Crippen LogP) is 3.18. The average molecular weight is 288 g/mol. The molecule has 1 fully saturated rings. The molecule has 3 heteroatoms. The van der Waals surface area contributed by atoms with Crippen LogP contribution in [-0.4, -0.2) is 29.9 Å². The van der Waals surface area contributed by atoms with E-state index >= 15 is 0 Å². The third-order valence-corrected chi connectivity index (χ3v) is 4.45. The lowest BCUT2D eigenvalue weighted by Gasteiger charge is -2.35. The van der Waals surface area contributed by atoms with Crippen LogP contribution in [0.3, 0.4) is 0 Å². The number of rotatable bonds is 2. The lowest BCUT2D eigenvalue weighted by Crippen LogP contribution is -2.45. The Hall–Kier alpha value is -1.35. The molecule has 2 N–H and O–H groups in total. The van der Waals surface area contributed by atoms with Gasteiger partial charge in [0, 0.05) is 24.7 Å². The highest BCUT2D eigenvalue weighted by Gasteiger charge is 2.29. The number of nitrogens with two attached hydrogens (primary N) is 1. The second-order valence-electron chi connectivity index (χ2n) is 7.31. The van der Waals surface area contributed by atoms with Crippen molar-refractivity contribution in [3.63, 3.8) is 0 Å². The smallest absolute Gasteiger partial charge is 0.254 e. The van der Waals surface area contributed by atoms with Crippen molar-refractivity contribution in [3.05, 3.63) is 35.4 Å². The predicted molar refractivity (Wildman–Crippen MR) is 87.4 cm³/mol. The van der Waals surface area contributed by atoms with Crippen molar-refractivity contribution in [2.45, 2.75) is 52.0 Å². The molecule has 1 saturated heterocycles. The zero-order valence-corrected chi connectivity index (χ0v) is 13.7. The van der Waals surface area contributed by atoms with E-state index in [0.717, 1.165) is 37.1 Å². The molecule has 1 amide bonds. The molecule has 0 bridgehead atoms. The van der Waals surface area contributed by atoms with Gasteiger partial charge in [0.15, 0.2) is 0 Å². The van der Waals surface area contributed by atoms with Crippen molar-refractivity contribution in [1.29, 1.82) is 0 Å². The van der Waals surface area contributed by atoms with Crippen LogP contribution in [0.2, 0.25) is 0 Å². The number of piperidine rings is 1. The number of amides is 1. The Bertz CT molecular complexity index is 502. The molecule has 1 aliphatic rings. The van der Waals surface area contributed by atoms with Gasteiger partial charge in [-0.15, -0.1) is 0 Å². The minimum absolute atomic E-state index is 0.0252. The summed E-state index contributed by atoms with van der Waals surface area (Å²) in [4.78, 5) is 14.9. The molecule has 1 aromatic rings. The Balaban J connectivity index is 2.24. The number of likely N-dealkylation sites (tertiary alicyclic amines) is 1. The molecule has 0 radical (unpaired) electrons. The maximum atomic E-state index is 12.9. The van der Waals surface area contributed by atoms with Crippen molar-refractivity contribution in [2.75, 3.05) is 13.1 Å². The zero-order valence-electron chi connectivity index (χ0n) is 13.7. The van der Waals surface area contributed by atoms with Crippen molar-refractivity contribution < 1.29 is 4.79 Å². The number of benzene rings is 1. The van der Waals surface area contributed by atoms with Crippen molar-refractivity contribution in [1.82, 2.24) is 4.90 Å². The Morgan fingerprint density at radius 2 is 2.00 bits per heavy atom. The van der Waals surface area contributed by atoms with E-state index in [2.05, 4.69) is 26.8 Å². The normalized spacial score (nSPS) is 21.2. The van der Waals surface area contributed by atoms with Gasteiger partial charge in [0.25, 0.3) is 5.91 Å². The molecule has 0 aliphatic carbocycles. The van der Waals surface area contributed by atoms with Gasteiger partial charge in [-0.3, -0.25) is 4.79 Å². The summed E-state index contributed by atoms with van der Waals surface area (Å²) in [6.07, 6.45) is 2.18. The van der Waals surface area contributed by atoms with E-state index in [-0.39, 0.29) is 17.4 Å². The fourth-order valence-electron chi connectivity index (χ4n) is 3.12. The first-order chi connectivity index (χ1) is 9.80. The maximum absolute atomic E-state index is 12.9. The SMILES string of the molecule is CC(N)C1CCCN(C(=O)c2ccccc2C(C)(C)C)C1. The number of hydrogen-bond acceptors (Lipinski definition) is 2. The Kier molecular flexibility index (Phi) is 4.72. The largest absolute Gasteiger partial charge is 0.338 e. The van der Waals surface area contributed by atoms with Gasteiger partial charge in [-0.25, -0.2) is 0 Å². The van der Waals surface area contributed by atoms with E-state index in [1.807, 2.05) is 30.0 Å². The maximum Gasteiger partial charge on any atom is 0.254 e. The van der Waals surface area contributed by atoms with Gasteiger partial charge >= 0.3 is 0 Å². The third-order valence-electron chi connectivity index (χ3n) is 4.45. The van der Waals surface area contributed by atoms with Gasteiger partial charge in [0.1, 0.15) is 0 Å². The quantitative estimate of drug-likeness (QED) is 0.908. The average Bonchev–Trinajstić information content (AvgIpc) is 2.45. The lowest BCUT2D eigenvalue weighted by molar-refractivity contribution is 0.0658. The van der Waals surface area contributed by atoms with Crippen molar-refractivity contribution >= 4 is 5.91 Å². The summed E-state index contributed by atoms with van der Waals surface area (Å²) >= 11 is 0. The van der Waals surface area contributed by atoms with Crippen LogP contribution in [0.4, 0.5) is 0 Å². The van der Waals surface area contributed by atoms with Gasteiger partial charge in [0.05, 0.1) is 0 Å². The summed E-state index contributed by atoms with van der Waals surface area (Å²) in [5.41, 5.74) is 7.97. The Labute approximate surface area is 128 Å². The molecule has 1 heterocycles. The summed E-state index contributed by atoms with van der Waals surface area (Å²) in [6.45, 7) is 10.1. The minimum Gasteiger partial charge on any atom is -0.338 e. The van der Waals surface area contributed by atoms with E-state index in [0.29, 0.717) is 5.92 Å². The van der Waals surface area contributed by atoms with E-state index in [9.17, 15) is 4.79 Å². The van der Waals surface area contributed by atoms with Crippen LogP contribution >= 0.6 is 0 Å². The molecule has 0 spiro atoms. The molecule has 21 heavy (non-hydrogen) atoms. The van der Waals surface area contributed by atoms with Crippen molar-refractivity contribution in [3.8, 4) is 0 Å². The van der Waals surface area contributed by atoms with Crippen LogP contribution in [0.1, 0.15) is 56.5 Å². The van der Waals surface area contributed by atoms with E-state index in [1.54, 1.807) is 0 Å². The van der Waals surface area contributed by atoms with Gasteiger partial charge in [-0.05, 0) is 42.7 Å². The minimum atomic E-state index is -0.0252. The first-order valence-electron chi connectivity index (χ1n) is 7.95. The summed E-state index contributed by atoms with van der Waals surface area (Å²) in [5.74, 6) is 0.579. The highest BCUT2D eigenvalue weighted by Crippen LogP contribution is 2.28. The second-order valence-corrected chi connectivity index (χ2v) is 7.31. The van der Waals surface area contributed by atoms with E-state index < -0.39 is 0 Å². The molecule has 2 unspecified atom stereocenters. The van der Waals surface area contributed by atoms with Crippen LogP contribution in [0.15, 0.2) is 24.3 Å². The van der Waals surface area contributed by atoms with Crippen LogP contribution in [0, 0.1) is 5.92 Å².